The van der Waals surface area contributed by atoms with E-state index in [1.165, 1.54) is 31.3 Å². The van der Waals surface area contributed by atoms with Gasteiger partial charge >= 0.3 is 0 Å². The molecular weight excluding hydrogens is 378 g/mol. The average Bonchev–Trinajstić information content (AvgIpc) is 2.62. The topological polar surface area (TPSA) is 104 Å². The first kappa shape index (κ1) is 19.9. The van der Waals surface area contributed by atoms with Gasteiger partial charge in [-0.05, 0) is 48.5 Å². The second kappa shape index (κ2) is 8.79. The summed E-state index contributed by atoms with van der Waals surface area (Å²) in [4.78, 5) is 23.4. The Morgan fingerprint density at radius 2 is 1.62 bits per heavy atom. The van der Waals surface area contributed by atoms with Crippen molar-refractivity contribution >= 4 is 39.1 Å². The number of amides is 2. The summed E-state index contributed by atoms with van der Waals surface area (Å²) in [6.45, 7) is -0.0485. The Morgan fingerprint density at radius 1 is 1.00 bits per heavy atom. The Morgan fingerprint density at radius 3 is 2.19 bits per heavy atom. The van der Waals surface area contributed by atoms with Crippen molar-refractivity contribution < 1.29 is 18.0 Å². The second-order valence-electron chi connectivity index (χ2n) is 5.31. The van der Waals surface area contributed by atoms with Crippen LogP contribution >= 0.6 is 11.6 Å². The van der Waals surface area contributed by atoms with Gasteiger partial charge in [0.1, 0.15) is 0 Å². The fraction of sp³-hybridized carbons (Fsp3) is 0.176. The van der Waals surface area contributed by atoms with Crippen LogP contribution in [0.1, 0.15) is 16.8 Å². The molecule has 2 amide bonds. The maximum absolute atomic E-state index is 12.1. The first-order chi connectivity index (χ1) is 12.3. The fourth-order valence-corrected chi connectivity index (χ4v) is 3.23. The molecule has 0 saturated carbocycles. The molecule has 0 atom stereocenters. The van der Waals surface area contributed by atoms with Crippen molar-refractivity contribution in [2.75, 3.05) is 18.9 Å². The minimum absolute atomic E-state index is 0.0377. The lowest BCUT2D eigenvalue weighted by molar-refractivity contribution is -0.116. The number of rotatable bonds is 7. The Balaban J connectivity index is 1.85. The third-order valence-corrected chi connectivity index (χ3v) is 5.15. The smallest absolute Gasteiger partial charge is 0.251 e. The van der Waals surface area contributed by atoms with Crippen LogP contribution in [0.2, 0.25) is 5.02 Å². The Labute approximate surface area is 156 Å². The van der Waals surface area contributed by atoms with Crippen LogP contribution in [0.15, 0.2) is 53.4 Å². The summed E-state index contributed by atoms with van der Waals surface area (Å²) in [5.41, 5.74) is 0.990. The van der Waals surface area contributed by atoms with Gasteiger partial charge in [0.25, 0.3) is 5.91 Å². The largest absolute Gasteiger partial charge is 0.355 e. The van der Waals surface area contributed by atoms with Gasteiger partial charge in [-0.2, -0.15) is 0 Å². The molecule has 0 aliphatic carbocycles. The van der Waals surface area contributed by atoms with Crippen molar-refractivity contribution in [1.29, 1.82) is 0 Å². The normalized spacial score (nSPS) is 11.0. The summed E-state index contributed by atoms with van der Waals surface area (Å²) in [5, 5.41) is 5.57. The minimum Gasteiger partial charge on any atom is -0.355 e. The number of carbonyl (C=O) groups excluding carboxylic acids is 2. The molecule has 3 N–H and O–H groups in total. The SMILES string of the molecule is CNC(=O)c1ccc(NC(=O)CCNS(=O)(=O)c2ccc(Cl)cc2)cc1. The van der Waals surface area contributed by atoms with Crippen LogP contribution < -0.4 is 15.4 Å². The number of anilines is 1. The van der Waals surface area contributed by atoms with Gasteiger partial charge in [-0.1, -0.05) is 11.6 Å². The van der Waals surface area contributed by atoms with Gasteiger partial charge in [0.15, 0.2) is 0 Å². The van der Waals surface area contributed by atoms with E-state index in [0.717, 1.165) is 0 Å². The van der Waals surface area contributed by atoms with Crippen molar-refractivity contribution in [2.24, 2.45) is 0 Å². The van der Waals surface area contributed by atoms with Gasteiger partial charge in [0.05, 0.1) is 4.90 Å². The average molecular weight is 396 g/mol. The number of carbonyl (C=O) groups is 2. The molecule has 0 aliphatic rings. The molecular formula is C17H18ClN3O4S. The molecule has 0 spiro atoms. The van der Waals surface area contributed by atoms with Crippen LogP contribution in [0, 0.1) is 0 Å². The van der Waals surface area contributed by atoms with Gasteiger partial charge in [-0.25, -0.2) is 13.1 Å². The van der Waals surface area contributed by atoms with Crippen LogP contribution in [0.5, 0.6) is 0 Å². The van der Waals surface area contributed by atoms with Gasteiger partial charge in [0, 0.05) is 36.3 Å². The summed E-state index contributed by atoms with van der Waals surface area (Å²) in [6, 6.07) is 12.1. The highest BCUT2D eigenvalue weighted by Crippen LogP contribution is 2.14. The molecule has 138 valence electrons. The number of hydrogen-bond acceptors (Lipinski definition) is 4. The molecule has 0 saturated heterocycles. The molecule has 2 aromatic carbocycles. The molecule has 2 rings (SSSR count). The van der Waals surface area contributed by atoms with Crippen LogP contribution in [0.4, 0.5) is 5.69 Å². The van der Waals surface area contributed by atoms with Crippen molar-refractivity contribution in [3.63, 3.8) is 0 Å². The Bertz CT molecular complexity index is 881. The van der Waals surface area contributed by atoms with E-state index in [-0.39, 0.29) is 29.7 Å². The lowest BCUT2D eigenvalue weighted by Gasteiger charge is -2.08. The third kappa shape index (κ3) is 5.55. The van der Waals surface area contributed by atoms with E-state index in [2.05, 4.69) is 15.4 Å². The van der Waals surface area contributed by atoms with E-state index in [9.17, 15) is 18.0 Å². The van der Waals surface area contributed by atoms with Gasteiger partial charge in [-0.3, -0.25) is 9.59 Å². The minimum atomic E-state index is -3.70. The van der Waals surface area contributed by atoms with Gasteiger partial charge < -0.3 is 10.6 Å². The number of sulfonamides is 1. The van der Waals surface area contributed by atoms with Gasteiger partial charge in [0.2, 0.25) is 15.9 Å². The van der Waals surface area contributed by atoms with Crippen LogP contribution in [-0.2, 0) is 14.8 Å². The Hall–Kier alpha value is -2.42. The molecule has 0 aromatic heterocycles. The van der Waals surface area contributed by atoms with E-state index < -0.39 is 10.0 Å². The van der Waals surface area contributed by atoms with E-state index in [1.807, 2.05) is 0 Å². The summed E-state index contributed by atoms with van der Waals surface area (Å²) >= 11 is 5.73. The number of benzene rings is 2. The molecule has 0 bridgehead atoms. The first-order valence-electron chi connectivity index (χ1n) is 7.69. The van der Waals surface area contributed by atoms with Crippen molar-refractivity contribution in [3.8, 4) is 0 Å². The quantitative estimate of drug-likeness (QED) is 0.666. The van der Waals surface area contributed by atoms with Crippen molar-refractivity contribution in [1.82, 2.24) is 10.0 Å². The monoisotopic (exact) mass is 395 g/mol. The lowest BCUT2D eigenvalue weighted by Crippen LogP contribution is -2.27. The Kier molecular flexibility index (Phi) is 6.73. The number of halogens is 1. The van der Waals surface area contributed by atoms with Crippen LogP contribution in [-0.4, -0.2) is 33.8 Å². The first-order valence-corrected chi connectivity index (χ1v) is 9.55. The highest BCUT2D eigenvalue weighted by molar-refractivity contribution is 7.89. The molecule has 0 unspecified atom stereocenters. The molecule has 9 heteroatoms. The lowest BCUT2D eigenvalue weighted by atomic mass is 10.2. The number of hydrogen-bond donors (Lipinski definition) is 3. The third-order valence-electron chi connectivity index (χ3n) is 3.43. The standard InChI is InChI=1S/C17H18ClN3O4S/c1-19-17(23)12-2-6-14(7-3-12)21-16(22)10-11-20-26(24,25)15-8-4-13(18)5-9-15/h2-9,20H,10-11H2,1H3,(H,19,23)(H,21,22). The zero-order valence-electron chi connectivity index (χ0n) is 14.0. The predicted octanol–water partition coefficient (Wildman–Crippen LogP) is 2.01. The summed E-state index contributed by atoms with van der Waals surface area (Å²) < 4.78 is 26.5. The fourth-order valence-electron chi connectivity index (χ4n) is 2.07. The molecule has 0 aliphatic heterocycles. The highest BCUT2D eigenvalue weighted by Gasteiger charge is 2.14. The second-order valence-corrected chi connectivity index (χ2v) is 7.51. The van der Waals surface area contributed by atoms with E-state index >= 15 is 0 Å². The van der Waals surface area contributed by atoms with Crippen LogP contribution in [0.25, 0.3) is 0 Å². The number of nitrogens with one attached hydrogen (secondary N) is 3. The maximum atomic E-state index is 12.1. The van der Waals surface area contributed by atoms with Crippen molar-refractivity contribution in [2.45, 2.75) is 11.3 Å². The molecule has 7 nitrogen and oxygen atoms in total. The van der Waals surface area contributed by atoms with Crippen LogP contribution in [0.3, 0.4) is 0 Å². The summed E-state index contributed by atoms with van der Waals surface area (Å²) in [6.07, 6.45) is -0.0377. The summed E-state index contributed by atoms with van der Waals surface area (Å²) in [5.74, 6) is -0.573. The molecule has 2 aromatic rings. The molecule has 0 radical (unpaired) electrons. The maximum Gasteiger partial charge on any atom is 0.251 e. The molecule has 26 heavy (non-hydrogen) atoms. The zero-order valence-corrected chi connectivity index (χ0v) is 15.5. The highest BCUT2D eigenvalue weighted by atomic mass is 35.5. The zero-order chi connectivity index (χ0) is 19.2. The van der Waals surface area contributed by atoms with E-state index in [0.29, 0.717) is 16.3 Å². The molecule has 0 heterocycles. The summed E-state index contributed by atoms with van der Waals surface area (Å²) in [7, 11) is -2.17. The van der Waals surface area contributed by atoms with Gasteiger partial charge in [-0.15, -0.1) is 0 Å². The van der Waals surface area contributed by atoms with E-state index in [1.54, 1.807) is 24.3 Å². The molecule has 0 fully saturated rings. The van der Waals surface area contributed by atoms with E-state index in [4.69, 9.17) is 11.6 Å². The predicted molar refractivity (Wildman–Crippen MR) is 99.7 cm³/mol. The van der Waals surface area contributed by atoms with Crippen molar-refractivity contribution in [3.05, 3.63) is 59.1 Å².